The minimum Gasteiger partial charge on any atom is -0.298 e. The summed E-state index contributed by atoms with van der Waals surface area (Å²) in [4.78, 5) is 26.8. The first-order valence-corrected chi connectivity index (χ1v) is 5.17. The fraction of sp³-hybridized carbons (Fsp3) is 0. The molecule has 2 rings (SSSR count). The van der Waals surface area contributed by atoms with Gasteiger partial charge in [0.15, 0.2) is 0 Å². The van der Waals surface area contributed by atoms with Crippen LogP contribution in [0.2, 0.25) is 0 Å². The van der Waals surface area contributed by atoms with E-state index in [4.69, 9.17) is 0 Å². The number of nitrogens with zero attached hydrogens (tertiary/aromatic N) is 1. The van der Waals surface area contributed by atoms with Gasteiger partial charge in [-0.05, 0) is 6.07 Å². The van der Waals surface area contributed by atoms with E-state index in [0.29, 0.717) is 16.0 Å². The number of carbonyl (C=O) groups is 2. The van der Waals surface area contributed by atoms with Gasteiger partial charge in [0.2, 0.25) is 5.78 Å². The molecule has 0 N–H and O–H groups in total. The van der Waals surface area contributed by atoms with Crippen LogP contribution in [0, 0.1) is 0 Å². The van der Waals surface area contributed by atoms with Crippen molar-refractivity contribution in [2.75, 3.05) is 0 Å². The maximum Gasteiger partial charge on any atom is 0.204 e. The van der Waals surface area contributed by atoms with E-state index < -0.39 is 0 Å². The number of benzene rings is 1. The monoisotopic (exact) mass is 217 g/mol. The van der Waals surface area contributed by atoms with Gasteiger partial charge in [-0.15, -0.1) is 11.3 Å². The molecule has 0 fully saturated rings. The third-order valence-corrected chi connectivity index (χ3v) is 2.71. The molecule has 2 aromatic rings. The second kappa shape index (κ2) is 4.14. The van der Waals surface area contributed by atoms with Gasteiger partial charge in [0.05, 0.1) is 10.4 Å². The lowest BCUT2D eigenvalue weighted by Gasteiger charge is -1.97. The van der Waals surface area contributed by atoms with Gasteiger partial charge in [-0.2, -0.15) is 0 Å². The molecule has 0 unspecified atom stereocenters. The van der Waals surface area contributed by atoms with Crippen molar-refractivity contribution in [2.24, 2.45) is 0 Å². The quantitative estimate of drug-likeness (QED) is 0.584. The highest BCUT2D eigenvalue weighted by Gasteiger charge is 2.10. The smallest absolute Gasteiger partial charge is 0.204 e. The largest absolute Gasteiger partial charge is 0.298 e. The average Bonchev–Trinajstić information content (AvgIpc) is 2.81. The third-order valence-electron chi connectivity index (χ3n) is 1.94. The zero-order valence-electron chi connectivity index (χ0n) is 7.71. The van der Waals surface area contributed by atoms with Crippen molar-refractivity contribution in [2.45, 2.75) is 0 Å². The topological polar surface area (TPSA) is 47.0 Å². The maximum atomic E-state index is 11.8. The van der Waals surface area contributed by atoms with Crippen LogP contribution in [0.1, 0.15) is 25.6 Å². The van der Waals surface area contributed by atoms with E-state index in [0.717, 1.165) is 6.29 Å². The molecule has 0 bridgehead atoms. The summed E-state index contributed by atoms with van der Waals surface area (Å²) in [6.07, 6.45) is 2.25. The number of hydrogen-bond acceptors (Lipinski definition) is 4. The van der Waals surface area contributed by atoms with Crippen LogP contribution in [-0.4, -0.2) is 17.1 Å². The molecule has 0 atom stereocenters. The van der Waals surface area contributed by atoms with E-state index >= 15 is 0 Å². The summed E-state index contributed by atoms with van der Waals surface area (Å²) in [5.41, 5.74) is 2.63. The van der Waals surface area contributed by atoms with Crippen LogP contribution in [0.15, 0.2) is 36.0 Å². The standard InChI is InChI=1S/C11H7NO2S/c13-6-8-2-1-3-9(4-8)11(14)10-5-12-7-15-10/h1-7H. The van der Waals surface area contributed by atoms with E-state index in [1.165, 1.54) is 17.5 Å². The van der Waals surface area contributed by atoms with Crippen molar-refractivity contribution in [3.05, 3.63) is 52.0 Å². The lowest BCUT2D eigenvalue weighted by Crippen LogP contribution is -1.99. The summed E-state index contributed by atoms with van der Waals surface area (Å²) in [5.74, 6) is -0.0961. The molecule has 74 valence electrons. The molecule has 0 radical (unpaired) electrons. The highest BCUT2D eigenvalue weighted by atomic mass is 32.1. The van der Waals surface area contributed by atoms with Crippen LogP contribution in [0.5, 0.6) is 0 Å². The summed E-state index contributed by atoms with van der Waals surface area (Å²) in [6, 6.07) is 6.62. The number of aromatic nitrogens is 1. The molecule has 0 amide bonds. The van der Waals surface area contributed by atoms with Crippen LogP contribution in [0.25, 0.3) is 0 Å². The molecule has 1 heterocycles. The maximum absolute atomic E-state index is 11.8. The summed E-state index contributed by atoms with van der Waals surface area (Å²) in [5, 5.41) is 0. The Morgan fingerprint density at radius 3 is 2.93 bits per heavy atom. The van der Waals surface area contributed by atoms with Crippen molar-refractivity contribution in [1.29, 1.82) is 0 Å². The fourth-order valence-corrected chi connectivity index (χ4v) is 1.81. The van der Waals surface area contributed by atoms with Crippen molar-refractivity contribution < 1.29 is 9.59 Å². The zero-order chi connectivity index (χ0) is 10.7. The second-order valence-electron chi connectivity index (χ2n) is 2.94. The Bertz CT molecular complexity index is 491. The van der Waals surface area contributed by atoms with Crippen LogP contribution in [0.3, 0.4) is 0 Å². The van der Waals surface area contributed by atoms with Crippen molar-refractivity contribution in [3.8, 4) is 0 Å². The van der Waals surface area contributed by atoms with Crippen LogP contribution in [0.4, 0.5) is 0 Å². The van der Waals surface area contributed by atoms with Crippen molar-refractivity contribution >= 4 is 23.4 Å². The average molecular weight is 217 g/mol. The summed E-state index contributed by atoms with van der Waals surface area (Å²) >= 11 is 1.29. The van der Waals surface area contributed by atoms with E-state index in [1.807, 2.05) is 0 Å². The van der Waals surface area contributed by atoms with Crippen molar-refractivity contribution in [3.63, 3.8) is 0 Å². The first kappa shape index (κ1) is 9.73. The Hall–Kier alpha value is -1.81. The van der Waals surface area contributed by atoms with Gasteiger partial charge < -0.3 is 0 Å². The van der Waals surface area contributed by atoms with Crippen LogP contribution in [-0.2, 0) is 0 Å². The number of hydrogen-bond donors (Lipinski definition) is 0. The molecule has 0 spiro atoms. The Morgan fingerprint density at radius 1 is 1.40 bits per heavy atom. The predicted molar refractivity (Wildman–Crippen MR) is 57.4 cm³/mol. The van der Waals surface area contributed by atoms with E-state index in [1.54, 1.807) is 29.8 Å². The lowest BCUT2D eigenvalue weighted by atomic mass is 10.1. The van der Waals surface area contributed by atoms with E-state index in [-0.39, 0.29) is 5.78 Å². The molecule has 0 aliphatic heterocycles. The van der Waals surface area contributed by atoms with Gasteiger partial charge in [0.1, 0.15) is 6.29 Å². The summed E-state index contributed by atoms with van der Waals surface area (Å²) in [6.45, 7) is 0. The normalized spacial score (nSPS) is 9.87. The molecule has 1 aromatic carbocycles. The van der Waals surface area contributed by atoms with E-state index in [2.05, 4.69) is 4.98 Å². The zero-order valence-corrected chi connectivity index (χ0v) is 8.53. The molecular formula is C11H7NO2S. The minimum absolute atomic E-state index is 0.0961. The SMILES string of the molecule is O=Cc1cccc(C(=O)c2cncs2)c1. The van der Waals surface area contributed by atoms with Gasteiger partial charge in [0.25, 0.3) is 0 Å². The van der Waals surface area contributed by atoms with Gasteiger partial charge in [-0.25, -0.2) is 0 Å². The van der Waals surface area contributed by atoms with Crippen LogP contribution >= 0.6 is 11.3 Å². The van der Waals surface area contributed by atoms with Gasteiger partial charge in [0, 0.05) is 17.3 Å². The molecule has 3 nitrogen and oxygen atoms in total. The predicted octanol–water partition coefficient (Wildman–Crippen LogP) is 2.19. The summed E-state index contributed by atoms with van der Waals surface area (Å²) in [7, 11) is 0. The first-order valence-electron chi connectivity index (χ1n) is 4.29. The number of carbonyl (C=O) groups excluding carboxylic acids is 2. The number of aldehydes is 1. The molecule has 0 aliphatic carbocycles. The molecule has 4 heteroatoms. The molecular weight excluding hydrogens is 210 g/mol. The highest BCUT2D eigenvalue weighted by Crippen LogP contribution is 2.13. The molecule has 0 saturated carbocycles. The molecule has 0 aliphatic rings. The summed E-state index contributed by atoms with van der Waals surface area (Å²) < 4.78 is 0. The number of rotatable bonds is 3. The Morgan fingerprint density at radius 2 is 2.27 bits per heavy atom. The number of ketones is 1. The fourth-order valence-electron chi connectivity index (χ4n) is 1.22. The Kier molecular flexibility index (Phi) is 2.69. The van der Waals surface area contributed by atoms with Gasteiger partial charge in [-0.1, -0.05) is 18.2 Å². The first-order chi connectivity index (χ1) is 7.31. The molecule has 0 saturated heterocycles. The van der Waals surface area contributed by atoms with E-state index in [9.17, 15) is 9.59 Å². The second-order valence-corrected chi connectivity index (χ2v) is 3.82. The third kappa shape index (κ3) is 1.99. The highest BCUT2D eigenvalue weighted by molar-refractivity contribution is 7.11. The molecule has 1 aromatic heterocycles. The van der Waals surface area contributed by atoms with Crippen LogP contribution < -0.4 is 0 Å². The minimum atomic E-state index is -0.0961. The van der Waals surface area contributed by atoms with Crippen molar-refractivity contribution in [1.82, 2.24) is 4.98 Å². The number of thiazole rings is 1. The van der Waals surface area contributed by atoms with Gasteiger partial charge in [-0.3, -0.25) is 14.6 Å². The Labute approximate surface area is 90.4 Å². The lowest BCUT2D eigenvalue weighted by molar-refractivity contribution is 0.104. The Balaban J connectivity index is 2.38. The van der Waals surface area contributed by atoms with Gasteiger partial charge >= 0.3 is 0 Å². The molecule has 15 heavy (non-hydrogen) atoms.